The highest BCUT2D eigenvalue weighted by Crippen LogP contribution is 2.32. The Hall–Kier alpha value is -0.610. The molecule has 0 atom stereocenters. The van der Waals surface area contributed by atoms with E-state index in [0.717, 1.165) is 17.5 Å². The van der Waals surface area contributed by atoms with Crippen LogP contribution in [0.15, 0.2) is 0 Å². The van der Waals surface area contributed by atoms with Gasteiger partial charge in [0.2, 0.25) is 0 Å². The fourth-order valence-electron chi connectivity index (χ4n) is 2.74. The second-order valence-electron chi connectivity index (χ2n) is 5.45. The van der Waals surface area contributed by atoms with Gasteiger partial charge in [-0.25, -0.2) is 4.98 Å². The van der Waals surface area contributed by atoms with Gasteiger partial charge in [-0.1, -0.05) is 13.8 Å². The third-order valence-electron chi connectivity index (χ3n) is 4.12. The molecule has 0 aliphatic heterocycles. The summed E-state index contributed by atoms with van der Waals surface area (Å²) in [4.78, 5) is 8.40. The summed E-state index contributed by atoms with van der Waals surface area (Å²) in [6.07, 6.45) is 6.29. The fourth-order valence-corrected chi connectivity index (χ4v) is 3.80. The maximum Gasteiger partial charge on any atom is 0.185 e. The van der Waals surface area contributed by atoms with Crippen LogP contribution in [0, 0.1) is 5.92 Å². The second kappa shape index (κ2) is 6.02. The first-order chi connectivity index (χ1) is 8.65. The zero-order valence-corrected chi connectivity index (χ0v) is 12.6. The summed E-state index contributed by atoms with van der Waals surface area (Å²) in [7, 11) is 2.19. The van der Waals surface area contributed by atoms with E-state index in [4.69, 9.17) is 10.7 Å². The van der Waals surface area contributed by atoms with Crippen molar-refractivity contribution in [3.05, 3.63) is 10.6 Å². The number of nitrogens with two attached hydrogens (primary N) is 1. The van der Waals surface area contributed by atoms with Gasteiger partial charge >= 0.3 is 0 Å². The third kappa shape index (κ3) is 2.86. The third-order valence-corrected chi connectivity index (χ3v) is 5.33. The largest absolute Gasteiger partial charge is 0.348 e. The summed E-state index contributed by atoms with van der Waals surface area (Å²) in [6.45, 7) is 5.14. The van der Waals surface area contributed by atoms with Crippen LogP contribution in [-0.4, -0.2) is 18.1 Å². The van der Waals surface area contributed by atoms with E-state index in [9.17, 15) is 0 Å². The van der Waals surface area contributed by atoms with E-state index in [1.807, 2.05) is 0 Å². The molecule has 1 heterocycles. The molecule has 18 heavy (non-hydrogen) atoms. The van der Waals surface area contributed by atoms with Gasteiger partial charge in [-0.2, -0.15) is 0 Å². The van der Waals surface area contributed by atoms with Crippen LogP contribution in [-0.2, 0) is 13.0 Å². The highest BCUT2D eigenvalue weighted by Gasteiger charge is 2.24. The smallest absolute Gasteiger partial charge is 0.185 e. The lowest BCUT2D eigenvalue weighted by Gasteiger charge is -2.33. The Morgan fingerprint density at radius 1 is 1.33 bits per heavy atom. The molecule has 1 aliphatic rings. The molecule has 102 valence electrons. The molecule has 3 nitrogen and oxygen atoms in total. The van der Waals surface area contributed by atoms with Crippen LogP contribution in [0.5, 0.6) is 0 Å². The van der Waals surface area contributed by atoms with Gasteiger partial charge in [0.05, 0.1) is 5.69 Å². The first-order valence-corrected chi connectivity index (χ1v) is 7.88. The van der Waals surface area contributed by atoms with Crippen molar-refractivity contribution in [2.75, 3.05) is 11.9 Å². The molecule has 0 saturated heterocycles. The molecule has 0 radical (unpaired) electrons. The minimum absolute atomic E-state index is 0.621. The van der Waals surface area contributed by atoms with E-state index >= 15 is 0 Å². The predicted molar refractivity (Wildman–Crippen MR) is 79.2 cm³/mol. The quantitative estimate of drug-likeness (QED) is 0.911. The molecule has 0 amide bonds. The lowest BCUT2D eigenvalue weighted by atomic mass is 9.87. The van der Waals surface area contributed by atoms with Gasteiger partial charge in [0.25, 0.3) is 0 Å². The summed E-state index contributed by atoms with van der Waals surface area (Å²) in [6, 6.07) is 0.669. The summed E-state index contributed by atoms with van der Waals surface area (Å²) < 4.78 is 0. The highest BCUT2D eigenvalue weighted by atomic mass is 32.1. The Morgan fingerprint density at radius 2 is 2.00 bits per heavy atom. The van der Waals surface area contributed by atoms with Gasteiger partial charge in [-0.05, 0) is 38.0 Å². The normalized spacial score (nSPS) is 24.2. The Bertz CT molecular complexity index is 359. The minimum atomic E-state index is 0.621. The Kier molecular flexibility index (Phi) is 4.62. The number of nitrogens with zero attached hydrogens (tertiary/aromatic N) is 2. The number of aromatic nitrogens is 1. The predicted octanol–water partition coefficient (Wildman–Crippen LogP) is 3.18. The Labute approximate surface area is 114 Å². The zero-order valence-electron chi connectivity index (χ0n) is 11.8. The number of anilines is 1. The van der Waals surface area contributed by atoms with E-state index in [2.05, 4.69) is 25.8 Å². The van der Waals surface area contributed by atoms with E-state index in [1.165, 1.54) is 36.3 Å². The van der Waals surface area contributed by atoms with E-state index in [1.54, 1.807) is 11.3 Å². The molecular weight excluding hydrogens is 242 g/mol. The lowest BCUT2D eigenvalue weighted by molar-refractivity contribution is 0.340. The topological polar surface area (TPSA) is 42.2 Å². The minimum Gasteiger partial charge on any atom is -0.348 e. The van der Waals surface area contributed by atoms with Gasteiger partial charge in [-0.3, -0.25) is 0 Å². The van der Waals surface area contributed by atoms with Crippen LogP contribution in [0.25, 0.3) is 0 Å². The van der Waals surface area contributed by atoms with Crippen molar-refractivity contribution in [2.45, 2.75) is 58.5 Å². The van der Waals surface area contributed by atoms with Gasteiger partial charge < -0.3 is 10.6 Å². The van der Waals surface area contributed by atoms with Crippen molar-refractivity contribution in [1.29, 1.82) is 0 Å². The van der Waals surface area contributed by atoms with Gasteiger partial charge in [0.15, 0.2) is 5.13 Å². The first-order valence-electron chi connectivity index (χ1n) is 7.07. The van der Waals surface area contributed by atoms with Crippen LogP contribution in [0.1, 0.15) is 50.1 Å². The van der Waals surface area contributed by atoms with Gasteiger partial charge in [0, 0.05) is 24.5 Å². The fraction of sp³-hybridized carbons (Fsp3) is 0.786. The summed E-state index contributed by atoms with van der Waals surface area (Å²) >= 11 is 1.78. The molecule has 1 aromatic heterocycles. The van der Waals surface area contributed by atoms with Crippen molar-refractivity contribution in [2.24, 2.45) is 11.7 Å². The van der Waals surface area contributed by atoms with Crippen molar-refractivity contribution in [1.82, 2.24) is 4.98 Å². The first kappa shape index (κ1) is 13.8. The van der Waals surface area contributed by atoms with Crippen molar-refractivity contribution in [3.8, 4) is 0 Å². The molecule has 1 aliphatic carbocycles. The summed E-state index contributed by atoms with van der Waals surface area (Å²) in [5.41, 5.74) is 6.98. The average molecular weight is 267 g/mol. The van der Waals surface area contributed by atoms with Crippen molar-refractivity contribution in [3.63, 3.8) is 0 Å². The lowest BCUT2D eigenvalue weighted by Crippen LogP contribution is -2.34. The van der Waals surface area contributed by atoms with Crippen LogP contribution >= 0.6 is 11.3 Å². The van der Waals surface area contributed by atoms with Crippen LogP contribution in [0.4, 0.5) is 5.13 Å². The van der Waals surface area contributed by atoms with Gasteiger partial charge in [-0.15, -0.1) is 11.3 Å². The molecule has 2 N–H and O–H groups in total. The number of rotatable bonds is 4. The van der Waals surface area contributed by atoms with Crippen LogP contribution in [0.2, 0.25) is 0 Å². The maximum atomic E-state index is 5.79. The molecule has 0 aromatic carbocycles. The van der Waals surface area contributed by atoms with Crippen molar-refractivity contribution < 1.29 is 0 Å². The molecule has 0 bridgehead atoms. The molecule has 1 aromatic rings. The number of hydrogen-bond donors (Lipinski definition) is 1. The molecule has 1 fully saturated rings. The van der Waals surface area contributed by atoms with Crippen LogP contribution < -0.4 is 10.6 Å². The van der Waals surface area contributed by atoms with Gasteiger partial charge in [0.1, 0.15) is 0 Å². The average Bonchev–Trinajstić information content (AvgIpc) is 2.82. The molecule has 2 rings (SSSR count). The molecule has 1 saturated carbocycles. The Morgan fingerprint density at radius 3 is 2.50 bits per heavy atom. The SMILES string of the molecule is CCc1nc(N(C)C2CCC(C)CC2)sc1CN. The van der Waals surface area contributed by atoms with E-state index < -0.39 is 0 Å². The number of hydrogen-bond acceptors (Lipinski definition) is 4. The molecule has 0 spiro atoms. The number of thiazole rings is 1. The zero-order chi connectivity index (χ0) is 13.1. The van der Waals surface area contributed by atoms with Crippen molar-refractivity contribution >= 4 is 16.5 Å². The maximum absolute atomic E-state index is 5.79. The summed E-state index contributed by atoms with van der Waals surface area (Å²) in [5, 5.41) is 1.16. The molecular formula is C14H25N3S. The monoisotopic (exact) mass is 267 g/mol. The molecule has 0 unspecified atom stereocenters. The Balaban J connectivity index is 2.08. The standard InChI is InChI=1S/C14H25N3S/c1-4-12-13(9-15)18-14(16-12)17(3)11-7-5-10(2)6-8-11/h10-11H,4-9,15H2,1-3H3. The van der Waals surface area contributed by atoms with E-state index in [-0.39, 0.29) is 0 Å². The summed E-state index contributed by atoms with van der Waals surface area (Å²) in [5.74, 6) is 0.900. The van der Waals surface area contributed by atoms with E-state index in [0.29, 0.717) is 12.6 Å². The highest BCUT2D eigenvalue weighted by molar-refractivity contribution is 7.15. The second-order valence-corrected chi connectivity index (χ2v) is 6.51. The number of aryl methyl sites for hydroxylation is 1. The molecule has 4 heteroatoms. The van der Waals surface area contributed by atoms with Crippen LogP contribution in [0.3, 0.4) is 0 Å².